The summed E-state index contributed by atoms with van der Waals surface area (Å²) in [5.74, 6) is -0.158. The number of nitrogens with one attached hydrogen (secondary N) is 1. The molecule has 1 aliphatic rings. The molecule has 1 unspecified atom stereocenters. The van der Waals surface area contributed by atoms with E-state index in [1.54, 1.807) is 10.9 Å². The van der Waals surface area contributed by atoms with Crippen molar-refractivity contribution < 1.29 is 9.53 Å². The minimum absolute atomic E-state index is 0.0456. The maximum absolute atomic E-state index is 12.1. The Bertz CT molecular complexity index is 1030. The van der Waals surface area contributed by atoms with Gasteiger partial charge in [-0.2, -0.15) is 5.10 Å². The number of aromatic nitrogens is 2. The Morgan fingerprint density at radius 3 is 2.44 bits per heavy atom. The zero-order valence-corrected chi connectivity index (χ0v) is 20.3. The van der Waals surface area contributed by atoms with Crippen LogP contribution >= 0.6 is 11.6 Å². The van der Waals surface area contributed by atoms with E-state index in [0.717, 1.165) is 44.3 Å². The molecule has 180 valence electrons. The van der Waals surface area contributed by atoms with Gasteiger partial charge in [0.05, 0.1) is 24.5 Å². The number of carbonyl (C=O) groups is 1. The molecule has 8 heteroatoms. The van der Waals surface area contributed by atoms with Crippen LogP contribution in [0.3, 0.4) is 0 Å². The molecule has 0 saturated carbocycles. The second kappa shape index (κ2) is 12.1. The van der Waals surface area contributed by atoms with E-state index in [1.807, 2.05) is 25.3 Å². The molecule has 34 heavy (non-hydrogen) atoms. The second-order valence-corrected chi connectivity index (χ2v) is 8.86. The van der Waals surface area contributed by atoms with Crippen LogP contribution in [0.25, 0.3) is 0 Å². The highest BCUT2D eigenvalue weighted by Gasteiger charge is 2.26. The number of ether oxygens (including phenoxy) is 1. The third-order valence-electron chi connectivity index (χ3n) is 6.10. The van der Waals surface area contributed by atoms with E-state index >= 15 is 0 Å². The van der Waals surface area contributed by atoms with E-state index in [-0.39, 0.29) is 18.6 Å². The quantitative estimate of drug-likeness (QED) is 0.445. The average molecular weight is 482 g/mol. The van der Waals surface area contributed by atoms with Gasteiger partial charge >= 0.3 is 0 Å². The number of amides is 1. The molecule has 7 nitrogen and oxygen atoms in total. The molecular weight excluding hydrogens is 450 g/mol. The molecule has 0 aliphatic carbocycles. The van der Waals surface area contributed by atoms with Crippen molar-refractivity contribution in [2.75, 3.05) is 51.3 Å². The fourth-order valence-corrected chi connectivity index (χ4v) is 4.42. The van der Waals surface area contributed by atoms with Crippen molar-refractivity contribution in [3.05, 3.63) is 83.1 Å². The first-order valence-electron chi connectivity index (χ1n) is 11.8. The van der Waals surface area contributed by atoms with E-state index in [4.69, 9.17) is 16.3 Å². The Hall–Kier alpha value is -2.71. The van der Waals surface area contributed by atoms with Crippen LogP contribution in [0.15, 0.2) is 67.0 Å². The molecule has 1 fully saturated rings. The van der Waals surface area contributed by atoms with Crippen LogP contribution in [0.1, 0.15) is 24.1 Å². The normalized spacial score (nSPS) is 15.8. The molecule has 1 aromatic heterocycles. The number of nitrogens with zero attached hydrogens (tertiary/aromatic N) is 4. The molecule has 1 saturated heterocycles. The van der Waals surface area contributed by atoms with Crippen molar-refractivity contribution in [2.45, 2.75) is 19.5 Å². The number of hydrogen-bond donors (Lipinski definition) is 1. The highest BCUT2D eigenvalue weighted by Crippen LogP contribution is 2.30. The fraction of sp³-hybridized carbons (Fsp3) is 0.385. The van der Waals surface area contributed by atoms with Crippen LogP contribution in [-0.4, -0.2) is 71.4 Å². The minimum atomic E-state index is -0.158. The molecule has 3 aromatic rings. The summed E-state index contributed by atoms with van der Waals surface area (Å²) < 4.78 is 7.39. The van der Waals surface area contributed by atoms with Gasteiger partial charge in [0.2, 0.25) is 5.91 Å². The lowest BCUT2D eigenvalue weighted by Crippen LogP contribution is -2.48. The summed E-state index contributed by atoms with van der Waals surface area (Å²) in [4.78, 5) is 17.0. The van der Waals surface area contributed by atoms with E-state index < -0.39 is 0 Å². The summed E-state index contributed by atoms with van der Waals surface area (Å²) in [6.07, 6.45) is 3.46. The zero-order chi connectivity index (χ0) is 23.8. The summed E-state index contributed by atoms with van der Waals surface area (Å²) in [6, 6.07) is 19.0. The minimum Gasteiger partial charge on any atom is -0.370 e. The predicted molar refractivity (Wildman–Crippen MR) is 135 cm³/mol. The first-order chi connectivity index (χ1) is 16.6. The maximum Gasteiger partial charge on any atom is 0.250 e. The van der Waals surface area contributed by atoms with E-state index in [9.17, 15) is 4.79 Å². The van der Waals surface area contributed by atoms with Crippen molar-refractivity contribution in [3.63, 3.8) is 0 Å². The molecule has 1 aliphatic heterocycles. The average Bonchev–Trinajstić information content (AvgIpc) is 3.32. The van der Waals surface area contributed by atoms with Crippen molar-refractivity contribution in [2.24, 2.45) is 0 Å². The number of rotatable bonds is 10. The van der Waals surface area contributed by atoms with Gasteiger partial charge in [-0.1, -0.05) is 54.1 Å². The second-order valence-electron chi connectivity index (χ2n) is 8.43. The third-order valence-corrected chi connectivity index (χ3v) is 6.35. The molecule has 4 rings (SSSR count). The Kier molecular flexibility index (Phi) is 8.71. The molecule has 0 spiro atoms. The summed E-state index contributed by atoms with van der Waals surface area (Å²) in [7, 11) is 0. The summed E-state index contributed by atoms with van der Waals surface area (Å²) >= 11 is 6.13. The van der Waals surface area contributed by atoms with Crippen LogP contribution in [0, 0.1) is 0 Å². The number of benzene rings is 2. The molecule has 1 amide bonds. The van der Waals surface area contributed by atoms with Gasteiger partial charge in [-0.05, 0) is 30.2 Å². The first kappa shape index (κ1) is 24.4. The van der Waals surface area contributed by atoms with Gasteiger partial charge in [0.25, 0.3) is 0 Å². The van der Waals surface area contributed by atoms with E-state index in [1.165, 1.54) is 11.1 Å². The standard InChI is InChI=1S/C26H32ClN5O2/c1-2-32-19-24(18-28-32)29-25(33)20-34-17-16-30-12-14-31(15-13-30)26(21-6-4-3-5-7-21)22-8-10-23(27)11-9-22/h3-11,18-19,26H,2,12-17,20H2,1H3,(H,29,33). The number of hydrogen-bond acceptors (Lipinski definition) is 5. The predicted octanol–water partition coefficient (Wildman–Crippen LogP) is 3.92. The number of carbonyl (C=O) groups excluding carboxylic acids is 1. The summed E-state index contributed by atoms with van der Waals surface area (Å²) in [6.45, 7) is 8.00. The lowest BCUT2D eigenvalue weighted by molar-refractivity contribution is -0.120. The fourth-order valence-electron chi connectivity index (χ4n) is 4.30. The highest BCUT2D eigenvalue weighted by molar-refractivity contribution is 6.30. The Morgan fingerprint density at radius 1 is 1.06 bits per heavy atom. The van der Waals surface area contributed by atoms with Crippen LogP contribution in [-0.2, 0) is 16.1 Å². The van der Waals surface area contributed by atoms with Crippen LogP contribution < -0.4 is 5.32 Å². The van der Waals surface area contributed by atoms with Crippen LogP contribution in [0.4, 0.5) is 5.69 Å². The Balaban J connectivity index is 1.23. The number of anilines is 1. The van der Waals surface area contributed by atoms with Crippen molar-refractivity contribution >= 4 is 23.2 Å². The lowest BCUT2D eigenvalue weighted by atomic mass is 9.96. The van der Waals surface area contributed by atoms with Gasteiger partial charge in [-0.25, -0.2) is 0 Å². The number of halogens is 1. The molecule has 0 bridgehead atoms. The van der Waals surface area contributed by atoms with Crippen molar-refractivity contribution in [1.82, 2.24) is 19.6 Å². The van der Waals surface area contributed by atoms with Gasteiger partial charge in [0.15, 0.2) is 0 Å². The molecule has 1 atom stereocenters. The van der Waals surface area contributed by atoms with E-state index in [0.29, 0.717) is 12.3 Å². The third kappa shape index (κ3) is 6.67. The molecule has 2 aromatic carbocycles. The van der Waals surface area contributed by atoms with Gasteiger partial charge in [0, 0.05) is 50.5 Å². The summed E-state index contributed by atoms with van der Waals surface area (Å²) in [5.41, 5.74) is 3.24. The topological polar surface area (TPSA) is 62.6 Å². The zero-order valence-electron chi connectivity index (χ0n) is 19.6. The molecule has 0 radical (unpaired) electrons. The van der Waals surface area contributed by atoms with Gasteiger partial charge in [0.1, 0.15) is 6.61 Å². The largest absolute Gasteiger partial charge is 0.370 e. The monoisotopic (exact) mass is 481 g/mol. The SMILES string of the molecule is CCn1cc(NC(=O)COCCN2CCN(C(c3ccccc3)c3ccc(Cl)cc3)CC2)cn1. The van der Waals surface area contributed by atoms with E-state index in [2.05, 4.69) is 62.7 Å². The number of piperazine rings is 1. The molecule has 2 heterocycles. The number of aryl methyl sites for hydroxylation is 1. The van der Waals surface area contributed by atoms with Crippen molar-refractivity contribution in [1.29, 1.82) is 0 Å². The Labute approximate surface area is 206 Å². The van der Waals surface area contributed by atoms with Crippen LogP contribution in [0.5, 0.6) is 0 Å². The van der Waals surface area contributed by atoms with Gasteiger partial charge in [-0.15, -0.1) is 0 Å². The van der Waals surface area contributed by atoms with Gasteiger partial charge in [-0.3, -0.25) is 19.3 Å². The molecule has 1 N–H and O–H groups in total. The summed E-state index contributed by atoms with van der Waals surface area (Å²) in [5, 5.41) is 7.72. The maximum atomic E-state index is 12.1. The van der Waals surface area contributed by atoms with Gasteiger partial charge < -0.3 is 10.1 Å². The Morgan fingerprint density at radius 2 is 1.76 bits per heavy atom. The smallest absolute Gasteiger partial charge is 0.250 e. The van der Waals surface area contributed by atoms with Crippen LogP contribution in [0.2, 0.25) is 5.02 Å². The molecular formula is C26H32ClN5O2. The lowest BCUT2D eigenvalue weighted by Gasteiger charge is -2.39. The highest BCUT2D eigenvalue weighted by atomic mass is 35.5. The first-order valence-corrected chi connectivity index (χ1v) is 12.2. The van der Waals surface area contributed by atoms with Crippen molar-refractivity contribution in [3.8, 4) is 0 Å².